The van der Waals surface area contributed by atoms with Crippen molar-refractivity contribution in [1.29, 1.82) is 0 Å². The van der Waals surface area contributed by atoms with Crippen LogP contribution in [0.3, 0.4) is 0 Å². The Labute approximate surface area is 166 Å². The molecule has 2 heterocycles. The van der Waals surface area contributed by atoms with Crippen LogP contribution < -0.4 is 0 Å². The van der Waals surface area contributed by atoms with E-state index in [4.69, 9.17) is 4.74 Å². The van der Waals surface area contributed by atoms with Crippen LogP contribution in [0.1, 0.15) is 62.6 Å². The first-order chi connectivity index (χ1) is 13.1. The number of carbonyl (C=O) groups is 2. The lowest BCUT2D eigenvalue weighted by Gasteiger charge is -2.36. The number of rotatable bonds is 3. The SMILES string of the molecule is Cc1c(C(=O)O)c2ccccc2n1C(C)C1CCN(C(=O)OC(C)(C)C)CC1. The van der Waals surface area contributed by atoms with E-state index in [0.29, 0.717) is 24.6 Å². The zero-order valence-corrected chi connectivity index (χ0v) is 17.4. The predicted octanol–water partition coefficient (Wildman–Crippen LogP) is 4.86. The van der Waals surface area contributed by atoms with Crippen molar-refractivity contribution in [3.63, 3.8) is 0 Å². The summed E-state index contributed by atoms with van der Waals surface area (Å²) in [5.74, 6) is -0.519. The average molecular weight is 386 g/mol. The molecule has 1 amide bonds. The van der Waals surface area contributed by atoms with Gasteiger partial charge in [-0.3, -0.25) is 0 Å². The number of likely N-dealkylation sites (tertiary alicyclic amines) is 1. The van der Waals surface area contributed by atoms with Crippen molar-refractivity contribution in [1.82, 2.24) is 9.47 Å². The monoisotopic (exact) mass is 386 g/mol. The molecule has 1 saturated heterocycles. The van der Waals surface area contributed by atoms with Crippen LogP contribution in [-0.2, 0) is 4.74 Å². The number of hydrogen-bond acceptors (Lipinski definition) is 3. The summed E-state index contributed by atoms with van der Waals surface area (Å²) >= 11 is 0. The van der Waals surface area contributed by atoms with Crippen molar-refractivity contribution in [2.24, 2.45) is 5.92 Å². The molecule has 1 aromatic carbocycles. The van der Waals surface area contributed by atoms with Crippen molar-refractivity contribution in [3.05, 3.63) is 35.5 Å². The van der Waals surface area contributed by atoms with Gasteiger partial charge in [0, 0.05) is 35.7 Å². The summed E-state index contributed by atoms with van der Waals surface area (Å²) in [5.41, 5.74) is 1.64. The summed E-state index contributed by atoms with van der Waals surface area (Å²) in [5, 5.41) is 10.5. The maximum atomic E-state index is 12.3. The first-order valence-electron chi connectivity index (χ1n) is 9.91. The highest BCUT2D eigenvalue weighted by molar-refractivity contribution is 6.05. The van der Waals surface area contributed by atoms with E-state index in [2.05, 4.69) is 11.5 Å². The van der Waals surface area contributed by atoms with Gasteiger partial charge >= 0.3 is 12.1 Å². The van der Waals surface area contributed by atoms with Crippen molar-refractivity contribution < 1.29 is 19.4 Å². The second kappa shape index (κ2) is 7.49. The Bertz CT molecular complexity index is 886. The summed E-state index contributed by atoms with van der Waals surface area (Å²) in [6.07, 6.45) is 1.48. The van der Waals surface area contributed by atoms with Gasteiger partial charge in [-0.25, -0.2) is 9.59 Å². The van der Waals surface area contributed by atoms with Crippen LogP contribution in [0.2, 0.25) is 0 Å². The fourth-order valence-electron chi connectivity index (χ4n) is 4.29. The van der Waals surface area contributed by atoms with Gasteiger partial charge in [-0.05, 0) is 59.4 Å². The molecule has 1 aromatic heterocycles. The van der Waals surface area contributed by atoms with E-state index in [9.17, 15) is 14.7 Å². The van der Waals surface area contributed by atoms with Gasteiger partial charge < -0.3 is 19.3 Å². The molecule has 28 heavy (non-hydrogen) atoms. The van der Waals surface area contributed by atoms with Gasteiger partial charge in [0.15, 0.2) is 0 Å². The van der Waals surface area contributed by atoms with Crippen molar-refractivity contribution >= 4 is 23.0 Å². The van der Waals surface area contributed by atoms with Gasteiger partial charge in [-0.15, -0.1) is 0 Å². The molecule has 1 atom stereocenters. The molecule has 0 spiro atoms. The first-order valence-corrected chi connectivity index (χ1v) is 9.91. The van der Waals surface area contributed by atoms with Crippen LogP contribution in [0.25, 0.3) is 10.9 Å². The number of piperidine rings is 1. The largest absolute Gasteiger partial charge is 0.478 e. The van der Waals surface area contributed by atoms with Crippen LogP contribution in [0, 0.1) is 12.8 Å². The van der Waals surface area contributed by atoms with Crippen LogP contribution in [0.4, 0.5) is 4.79 Å². The fraction of sp³-hybridized carbons (Fsp3) is 0.545. The average Bonchev–Trinajstić information content (AvgIpc) is 2.91. The molecule has 0 aliphatic carbocycles. The number of nitrogens with zero attached hydrogens (tertiary/aromatic N) is 2. The number of carboxylic acids is 1. The third-order valence-corrected chi connectivity index (χ3v) is 5.65. The zero-order chi connectivity index (χ0) is 20.6. The Morgan fingerprint density at radius 1 is 1.18 bits per heavy atom. The van der Waals surface area contributed by atoms with Crippen molar-refractivity contribution in [2.45, 2.75) is 59.1 Å². The second-order valence-corrected chi connectivity index (χ2v) is 8.70. The zero-order valence-electron chi connectivity index (χ0n) is 17.4. The highest BCUT2D eigenvalue weighted by Gasteiger charge is 2.31. The van der Waals surface area contributed by atoms with E-state index in [1.807, 2.05) is 52.0 Å². The third kappa shape index (κ3) is 3.86. The highest BCUT2D eigenvalue weighted by Crippen LogP contribution is 2.35. The minimum Gasteiger partial charge on any atom is -0.478 e. The summed E-state index contributed by atoms with van der Waals surface area (Å²) in [7, 11) is 0. The molecule has 1 unspecified atom stereocenters. The molecule has 1 aliphatic heterocycles. The Morgan fingerprint density at radius 3 is 2.36 bits per heavy atom. The van der Waals surface area contributed by atoms with Crippen LogP contribution >= 0.6 is 0 Å². The maximum Gasteiger partial charge on any atom is 0.410 e. The molecule has 0 radical (unpaired) electrons. The van der Waals surface area contributed by atoms with Gasteiger partial charge in [0.05, 0.1) is 5.56 Å². The minimum absolute atomic E-state index is 0.152. The Morgan fingerprint density at radius 2 is 1.79 bits per heavy atom. The maximum absolute atomic E-state index is 12.3. The van der Waals surface area contributed by atoms with Gasteiger partial charge in [0.1, 0.15) is 5.60 Å². The lowest BCUT2D eigenvalue weighted by atomic mass is 9.90. The van der Waals surface area contributed by atoms with E-state index >= 15 is 0 Å². The van der Waals surface area contributed by atoms with Crippen LogP contribution in [0.5, 0.6) is 0 Å². The Hall–Kier alpha value is -2.50. The number of carboxylic acid groups (broad SMARTS) is 1. The number of aromatic carboxylic acids is 1. The van der Waals surface area contributed by atoms with E-state index in [1.54, 1.807) is 4.90 Å². The van der Waals surface area contributed by atoms with E-state index in [-0.39, 0.29) is 12.1 Å². The molecule has 6 heteroatoms. The van der Waals surface area contributed by atoms with Gasteiger partial charge in [-0.2, -0.15) is 0 Å². The highest BCUT2D eigenvalue weighted by atomic mass is 16.6. The summed E-state index contributed by atoms with van der Waals surface area (Å²) in [6.45, 7) is 11.0. The molecule has 6 nitrogen and oxygen atoms in total. The Kier molecular flexibility index (Phi) is 5.41. The molecule has 1 aliphatic rings. The molecular formula is C22H30N2O4. The number of hydrogen-bond donors (Lipinski definition) is 1. The van der Waals surface area contributed by atoms with Crippen LogP contribution in [-0.4, -0.2) is 45.3 Å². The third-order valence-electron chi connectivity index (χ3n) is 5.65. The van der Waals surface area contributed by atoms with E-state index in [0.717, 1.165) is 29.4 Å². The fourth-order valence-corrected chi connectivity index (χ4v) is 4.29. The number of benzene rings is 1. The molecule has 0 saturated carbocycles. The summed E-state index contributed by atoms with van der Waals surface area (Å²) < 4.78 is 7.64. The number of aromatic nitrogens is 1. The number of ether oxygens (including phenoxy) is 1. The molecule has 1 N–H and O–H groups in total. The number of amides is 1. The van der Waals surface area contributed by atoms with Crippen molar-refractivity contribution in [3.8, 4) is 0 Å². The normalized spacial score (nSPS) is 17.0. The number of para-hydroxylation sites is 1. The number of carbonyl (C=O) groups excluding carboxylic acids is 1. The molecular weight excluding hydrogens is 356 g/mol. The van der Waals surface area contributed by atoms with E-state index < -0.39 is 11.6 Å². The van der Waals surface area contributed by atoms with E-state index in [1.165, 1.54) is 0 Å². The molecule has 2 aromatic rings. The number of fused-ring (bicyclic) bond motifs is 1. The smallest absolute Gasteiger partial charge is 0.410 e. The van der Waals surface area contributed by atoms with Gasteiger partial charge in [0.2, 0.25) is 0 Å². The summed E-state index contributed by atoms with van der Waals surface area (Å²) in [6, 6.07) is 7.84. The molecule has 3 rings (SSSR count). The van der Waals surface area contributed by atoms with Crippen LogP contribution in [0.15, 0.2) is 24.3 Å². The van der Waals surface area contributed by atoms with Gasteiger partial charge in [-0.1, -0.05) is 18.2 Å². The molecule has 0 bridgehead atoms. The van der Waals surface area contributed by atoms with Crippen molar-refractivity contribution in [2.75, 3.05) is 13.1 Å². The first kappa shape index (κ1) is 20.2. The summed E-state index contributed by atoms with van der Waals surface area (Å²) in [4.78, 5) is 25.9. The quantitative estimate of drug-likeness (QED) is 0.818. The molecule has 1 fully saturated rings. The standard InChI is InChI=1S/C22H30N2O4/c1-14(16-10-12-23(13-11-16)21(27)28-22(3,4)5)24-15(2)19(20(25)26)17-8-6-7-9-18(17)24/h6-9,14,16H,10-13H2,1-5H3,(H,25,26). The minimum atomic E-state index is -0.889. The second-order valence-electron chi connectivity index (χ2n) is 8.70. The lowest BCUT2D eigenvalue weighted by Crippen LogP contribution is -2.42. The predicted molar refractivity (Wildman–Crippen MR) is 109 cm³/mol. The lowest BCUT2D eigenvalue weighted by molar-refractivity contribution is 0.0165. The Balaban J connectivity index is 1.80. The van der Waals surface area contributed by atoms with Gasteiger partial charge in [0.25, 0.3) is 0 Å². The topological polar surface area (TPSA) is 71.8 Å². The molecule has 152 valence electrons.